The molecule has 0 aliphatic heterocycles. The van der Waals surface area contributed by atoms with E-state index in [1.165, 1.54) is 18.2 Å². The number of amides is 2. The molecule has 0 heterocycles. The van der Waals surface area contributed by atoms with Gasteiger partial charge in [-0.1, -0.05) is 0 Å². The molecule has 0 saturated carbocycles. The molecule has 0 saturated heterocycles. The summed E-state index contributed by atoms with van der Waals surface area (Å²) in [6.45, 7) is 2.37. The Labute approximate surface area is 89.8 Å². The zero-order valence-electron chi connectivity index (χ0n) is 7.60. The Kier molecular flexibility index (Phi) is 3.88. The molecule has 0 aromatic heterocycles. The second-order valence-corrected chi connectivity index (χ2v) is 3.47. The predicted octanol–water partition coefficient (Wildman–Crippen LogP) is 2.73. The molecule has 0 unspecified atom stereocenters. The van der Waals surface area contributed by atoms with Crippen LogP contribution in [0.5, 0.6) is 0 Å². The van der Waals surface area contributed by atoms with Crippen molar-refractivity contribution in [3.63, 3.8) is 0 Å². The first kappa shape index (κ1) is 11.0. The molecule has 76 valence electrons. The lowest BCUT2D eigenvalue weighted by Gasteiger charge is -2.05. The van der Waals surface area contributed by atoms with E-state index in [1.807, 2.05) is 6.92 Å². The largest absolute Gasteiger partial charge is 0.338 e. The average molecular weight is 261 g/mol. The molecule has 2 amide bonds. The van der Waals surface area contributed by atoms with Crippen LogP contribution in [0.4, 0.5) is 14.9 Å². The van der Waals surface area contributed by atoms with Gasteiger partial charge in [-0.25, -0.2) is 9.18 Å². The first-order chi connectivity index (χ1) is 6.63. The van der Waals surface area contributed by atoms with Crippen LogP contribution in [0.3, 0.4) is 0 Å². The summed E-state index contributed by atoms with van der Waals surface area (Å²) >= 11 is 3.03. The zero-order chi connectivity index (χ0) is 10.6. The summed E-state index contributed by atoms with van der Waals surface area (Å²) in [5, 5.41) is 5.13. The molecule has 2 N–H and O–H groups in total. The highest BCUT2D eigenvalue weighted by atomic mass is 79.9. The molecule has 0 fully saturated rings. The molecule has 0 atom stereocenters. The van der Waals surface area contributed by atoms with Gasteiger partial charge in [-0.2, -0.15) is 0 Å². The quantitative estimate of drug-likeness (QED) is 0.844. The summed E-state index contributed by atoms with van der Waals surface area (Å²) in [7, 11) is 0. The number of hydrogen-bond acceptors (Lipinski definition) is 1. The summed E-state index contributed by atoms with van der Waals surface area (Å²) in [5.41, 5.74) is 0.546. The van der Waals surface area contributed by atoms with Crippen molar-refractivity contribution in [3.05, 3.63) is 28.5 Å². The highest BCUT2D eigenvalue weighted by Crippen LogP contribution is 2.19. The van der Waals surface area contributed by atoms with Crippen LogP contribution in [-0.2, 0) is 0 Å². The summed E-state index contributed by atoms with van der Waals surface area (Å²) in [5.74, 6) is -0.355. The fourth-order valence-corrected chi connectivity index (χ4v) is 1.29. The first-order valence-electron chi connectivity index (χ1n) is 4.13. The predicted molar refractivity (Wildman–Crippen MR) is 56.8 cm³/mol. The summed E-state index contributed by atoms with van der Waals surface area (Å²) in [6.07, 6.45) is 0. The van der Waals surface area contributed by atoms with Crippen LogP contribution in [-0.4, -0.2) is 12.6 Å². The van der Waals surface area contributed by atoms with Crippen LogP contribution in [0.2, 0.25) is 0 Å². The lowest BCUT2D eigenvalue weighted by molar-refractivity contribution is 0.252. The van der Waals surface area contributed by atoms with Gasteiger partial charge in [0, 0.05) is 12.2 Å². The Bertz CT molecular complexity index is 344. The summed E-state index contributed by atoms with van der Waals surface area (Å²) in [4.78, 5) is 11.1. The van der Waals surface area contributed by atoms with Gasteiger partial charge in [0.2, 0.25) is 0 Å². The van der Waals surface area contributed by atoms with Crippen molar-refractivity contribution in [2.45, 2.75) is 6.92 Å². The number of carbonyl (C=O) groups excluding carboxylic acids is 1. The van der Waals surface area contributed by atoms with E-state index in [4.69, 9.17) is 0 Å². The van der Waals surface area contributed by atoms with Crippen LogP contribution >= 0.6 is 15.9 Å². The molecular formula is C9H10BrFN2O. The number of anilines is 1. The number of rotatable bonds is 2. The van der Waals surface area contributed by atoms with Gasteiger partial charge in [-0.15, -0.1) is 0 Å². The molecule has 1 aromatic rings. The number of urea groups is 1. The Morgan fingerprint density at radius 3 is 2.86 bits per heavy atom. The Morgan fingerprint density at radius 1 is 1.57 bits per heavy atom. The zero-order valence-corrected chi connectivity index (χ0v) is 9.19. The Morgan fingerprint density at radius 2 is 2.29 bits per heavy atom. The third-order valence-electron chi connectivity index (χ3n) is 1.51. The fourth-order valence-electron chi connectivity index (χ4n) is 0.910. The van der Waals surface area contributed by atoms with E-state index in [2.05, 4.69) is 26.6 Å². The van der Waals surface area contributed by atoms with Crippen LogP contribution in [0, 0.1) is 5.82 Å². The van der Waals surface area contributed by atoms with E-state index >= 15 is 0 Å². The van der Waals surface area contributed by atoms with Crippen molar-refractivity contribution in [1.29, 1.82) is 0 Å². The summed E-state index contributed by atoms with van der Waals surface area (Å²) < 4.78 is 13.1. The van der Waals surface area contributed by atoms with Gasteiger partial charge in [-0.05, 0) is 41.1 Å². The van der Waals surface area contributed by atoms with Gasteiger partial charge in [0.1, 0.15) is 5.82 Å². The van der Waals surface area contributed by atoms with Gasteiger partial charge in [0.25, 0.3) is 0 Å². The topological polar surface area (TPSA) is 41.1 Å². The van der Waals surface area contributed by atoms with Crippen LogP contribution in [0.1, 0.15) is 6.92 Å². The molecule has 0 aliphatic carbocycles. The van der Waals surface area contributed by atoms with Gasteiger partial charge < -0.3 is 10.6 Å². The van der Waals surface area contributed by atoms with E-state index < -0.39 is 0 Å². The standard InChI is InChI=1S/C9H10BrFN2O/c1-2-12-9(14)13-6-3-4-8(11)7(10)5-6/h3-5H,2H2,1H3,(H2,12,13,14). The molecular weight excluding hydrogens is 251 g/mol. The van der Waals surface area contributed by atoms with E-state index in [1.54, 1.807) is 0 Å². The van der Waals surface area contributed by atoms with Crippen molar-refractivity contribution >= 4 is 27.6 Å². The number of hydrogen-bond donors (Lipinski definition) is 2. The van der Waals surface area contributed by atoms with E-state index in [0.717, 1.165) is 0 Å². The van der Waals surface area contributed by atoms with E-state index in [0.29, 0.717) is 16.7 Å². The van der Waals surface area contributed by atoms with Gasteiger partial charge in [0.05, 0.1) is 4.47 Å². The van der Waals surface area contributed by atoms with Gasteiger partial charge >= 0.3 is 6.03 Å². The third-order valence-corrected chi connectivity index (χ3v) is 2.12. The molecule has 0 radical (unpaired) electrons. The maximum absolute atomic E-state index is 12.8. The minimum Gasteiger partial charge on any atom is -0.338 e. The molecule has 0 spiro atoms. The molecule has 5 heteroatoms. The van der Waals surface area contributed by atoms with Crippen molar-refractivity contribution in [2.24, 2.45) is 0 Å². The van der Waals surface area contributed by atoms with E-state index in [9.17, 15) is 9.18 Å². The third kappa shape index (κ3) is 2.99. The fraction of sp³-hybridized carbons (Fsp3) is 0.222. The van der Waals surface area contributed by atoms with Crippen LogP contribution in [0.15, 0.2) is 22.7 Å². The minimum absolute atomic E-state index is 0.300. The van der Waals surface area contributed by atoms with Crippen molar-refractivity contribution in [1.82, 2.24) is 5.32 Å². The van der Waals surface area contributed by atoms with Gasteiger partial charge in [0.15, 0.2) is 0 Å². The van der Waals surface area contributed by atoms with Gasteiger partial charge in [-0.3, -0.25) is 0 Å². The number of benzene rings is 1. The van der Waals surface area contributed by atoms with Crippen LogP contribution in [0.25, 0.3) is 0 Å². The maximum Gasteiger partial charge on any atom is 0.319 e. The monoisotopic (exact) mass is 260 g/mol. The van der Waals surface area contributed by atoms with Crippen molar-refractivity contribution < 1.29 is 9.18 Å². The number of nitrogens with one attached hydrogen (secondary N) is 2. The average Bonchev–Trinajstić information content (AvgIpc) is 2.12. The lowest BCUT2D eigenvalue weighted by Crippen LogP contribution is -2.28. The molecule has 3 nitrogen and oxygen atoms in total. The summed E-state index contributed by atoms with van der Waals surface area (Å²) in [6, 6.07) is 3.98. The highest BCUT2D eigenvalue weighted by Gasteiger charge is 2.02. The normalized spacial score (nSPS) is 9.64. The molecule has 14 heavy (non-hydrogen) atoms. The number of carbonyl (C=O) groups is 1. The van der Waals surface area contributed by atoms with Crippen molar-refractivity contribution in [2.75, 3.05) is 11.9 Å². The number of halogens is 2. The second-order valence-electron chi connectivity index (χ2n) is 2.61. The first-order valence-corrected chi connectivity index (χ1v) is 4.92. The SMILES string of the molecule is CCNC(=O)Nc1ccc(F)c(Br)c1. The Hall–Kier alpha value is -1.10. The smallest absolute Gasteiger partial charge is 0.319 e. The maximum atomic E-state index is 12.8. The second kappa shape index (κ2) is 4.95. The lowest BCUT2D eigenvalue weighted by atomic mass is 10.3. The molecule has 1 rings (SSSR count). The van der Waals surface area contributed by atoms with Crippen molar-refractivity contribution in [3.8, 4) is 0 Å². The highest BCUT2D eigenvalue weighted by molar-refractivity contribution is 9.10. The van der Waals surface area contributed by atoms with E-state index in [-0.39, 0.29) is 11.8 Å². The minimum atomic E-state index is -0.355. The Balaban J connectivity index is 2.68. The molecule has 0 aliphatic rings. The molecule has 1 aromatic carbocycles. The molecule has 0 bridgehead atoms. The van der Waals surface area contributed by atoms with Crippen LogP contribution < -0.4 is 10.6 Å².